The molecule has 0 saturated carbocycles. The lowest BCUT2D eigenvalue weighted by Gasteiger charge is -1.98. The molecule has 0 bridgehead atoms. The molecule has 0 atom stereocenters. The minimum absolute atomic E-state index is 0.0718. The Morgan fingerprint density at radius 3 is 1.30 bits per heavy atom. The zero-order valence-electron chi connectivity index (χ0n) is 49.2. The third-order valence-corrected chi connectivity index (χ3v) is 16.1. The van der Waals surface area contributed by atoms with Gasteiger partial charge in [0.15, 0.2) is 11.6 Å². The molecule has 0 radical (unpaired) electrons. The molecular formula is C66H76F8S6. The molecule has 0 aliphatic heterocycles. The Hall–Kier alpha value is -5.48. The molecule has 0 amide bonds. The van der Waals surface area contributed by atoms with Crippen molar-refractivity contribution in [2.75, 3.05) is 0 Å². The molecule has 0 unspecified atom stereocenters. The topological polar surface area (TPSA) is 0 Å². The summed E-state index contributed by atoms with van der Waals surface area (Å²) < 4.78 is 110. The number of rotatable bonds is 0. The fourth-order valence-electron chi connectivity index (χ4n) is 6.92. The molecule has 0 fully saturated rings. The normalized spacial score (nSPS) is 9.62. The van der Waals surface area contributed by atoms with E-state index in [0.29, 0.717) is 25.9 Å². The van der Waals surface area contributed by atoms with Crippen LogP contribution in [0.25, 0.3) is 60.5 Å². The van der Waals surface area contributed by atoms with Gasteiger partial charge in [-0.1, -0.05) is 107 Å². The van der Waals surface area contributed by atoms with Crippen molar-refractivity contribution in [3.63, 3.8) is 0 Å². The van der Waals surface area contributed by atoms with Crippen LogP contribution in [0.3, 0.4) is 0 Å². The van der Waals surface area contributed by atoms with Gasteiger partial charge in [-0.05, 0) is 191 Å². The maximum atomic E-state index is 13.3. The van der Waals surface area contributed by atoms with Crippen molar-refractivity contribution in [3.05, 3.63) is 209 Å². The van der Waals surface area contributed by atoms with Gasteiger partial charge in [-0.2, -0.15) is 0 Å². The van der Waals surface area contributed by atoms with Crippen LogP contribution in [0.5, 0.6) is 0 Å². The molecular weight excluding hydrogens is 1140 g/mol. The van der Waals surface area contributed by atoms with Crippen LogP contribution >= 0.6 is 68.0 Å². The number of thiophene rings is 6. The first-order chi connectivity index (χ1) is 38.5. The van der Waals surface area contributed by atoms with E-state index in [4.69, 9.17) is 0 Å². The van der Waals surface area contributed by atoms with E-state index in [9.17, 15) is 35.1 Å². The van der Waals surface area contributed by atoms with Crippen LogP contribution in [0, 0.1) is 88.1 Å². The molecule has 6 heterocycles. The Balaban J connectivity index is 0.000000462. The van der Waals surface area contributed by atoms with E-state index in [1.165, 1.54) is 46.1 Å². The molecule has 0 nitrogen and oxygen atoms in total. The molecule has 6 aromatic heterocycles. The summed E-state index contributed by atoms with van der Waals surface area (Å²) in [6.07, 6.45) is 0. The fraction of sp³-hybridized carbons (Fsp3) is 0.273. The summed E-state index contributed by atoms with van der Waals surface area (Å²) >= 11 is 8.63. The minimum Gasteiger partial charge on any atom is -0.206 e. The van der Waals surface area contributed by atoms with Crippen molar-refractivity contribution >= 4 is 129 Å². The third-order valence-electron chi connectivity index (χ3n) is 10.6. The number of fused-ring (bicyclic) bond motifs is 6. The second-order valence-corrected chi connectivity index (χ2v) is 21.0. The van der Waals surface area contributed by atoms with Crippen LogP contribution in [0.2, 0.25) is 0 Å². The first-order valence-electron chi connectivity index (χ1n) is 26.7. The van der Waals surface area contributed by atoms with Crippen LogP contribution in [-0.2, 0) is 0 Å². The van der Waals surface area contributed by atoms with Crippen LogP contribution in [-0.4, -0.2) is 0 Å². The van der Waals surface area contributed by atoms with Gasteiger partial charge in [0, 0.05) is 35.6 Å². The zero-order chi connectivity index (χ0) is 60.8. The summed E-state index contributed by atoms with van der Waals surface area (Å²) in [4.78, 5) is 0. The average molecular weight is 1210 g/mol. The summed E-state index contributed by atoms with van der Waals surface area (Å²) in [6.45, 7) is 34.6. The standard InChI is InChI=1S/2C9H6F2S.4C9H7FS.6C2H6/c1-5-4-7(10)9-6(8(5)11)2-3-12-9;1-5-4-6-2-3-12-9(6)8(11)7(5)10;1-6-4-8(10)7-2-3-11-9(7)5-6;1-6-2-3-8-7(9(6)10)4-5-11-8;1-6-2-3-8(10)7-4-5-11-9(6)7;1-6-2-3-7-4-5-11-9(7)8(6)10;6*1-2/h2*2-4H,1H3;4*2-5H,1H3;6*1-2H3. The number of hydrogen-bond donors (Lipinski definition) is 0. The number of halogens is 8. The molecule has 80 heavy (non-hydrogen) atoms. The monoisotopic (exact) mass is 1210 g/mol. The Labute approximate surface area is 494 Å². The highest BCUT2D eigenvalue weighted by molar-refractivity contribution is 7.18. The molecule has 14 heteroatoms. The van der Waals surface area contributed by atoms with Crippen molar-refractivity contribution in [2.24, 2.45) is 0 Å². The Morgan fingerprint density at radius 1 is 0.250 bits per heavy atom. The Morgan fingerprint density at radius 2 is 0.688 bits per heavy atom. The summed E-state index contributed by atoms with van der Waals surface area (Å²) in [5.74, 6) is -2.48. The van der Waals surface area contributed by atoms with Crippen LogP contribution < -0.4 is 0 Å². The Kier molecular flexibility index (Phi) is 34.7. The van der Waals surface area contributed by atoms with Gasteiger partial charge in [-0.15, -0.1) is 68.0 Å². The highest BCUT2D eigenvalue weighted by Crippen LogP contribution is 2.31. The minimum atomic E-state index is -0.732. The van der Waals surface area contributed by atoms with Crippen LogP contribution in [0.15, 0.2) is 129 Å². The van der Waals surface area contributed by atoms with Gasteiger partial charge in [0.1, 0.15) is 34.9 Å². The van der Waals surface area contributed by atoms with Gasteiger partial charge < -0.3 is 0 Å². The van der Waals surface area contributed by atoms with E-state index in [1.807, 2.05) is 179 Å². The predicted molar refractivity (Wildman–Crippen MR) is 347 cm³/mol. The molecule has 12 rings (SSSR count). The van der Waals surface area contributed by atoms with Gasteiger partial charge in [0.05, 0.1) is 14.1 Å². The quantitative estimate of drug-likeness (QED) is 0.133. The molecule has 0 aliphatic rings. The summed E-state index contributed by atoms with van der Waals surface area (Å²) in [5, 5.41) is 15.5. The summed E-state index contributed by atoms with van der Waals surface area (Å²) in [5.41, 5.74) is 4.29. The van der Waals surface area contributed by atoms with Gasteiger partial charge >= 0.3 is 0 Å². The van der Waals surface area contributed by atoms with E-state index in [1.54, 1.807) is 96.7 Å². The maximum absolute atomic E-state index is 13.3. The Bertz CT molecular complexity index is 3550. The predicted octanol–water partition coefficient (Wildman–Crippen LogP) is 26.5. The molecule has 12 aromatic rings. The smallest absolute Gasteiger partial charge is 0.176 e. The van der Waals surface area contributed by atoms with E-state index in [2.05, 4.69) is 0 Å². The number of aryl methyl sites for hydroxylation is 6. The van der Waals surface area contributed by atoms with Gasteiger partial charge in [0.2, 0.25) is 0 Å². The van der Waals surface area contributed by atoms with Crippen molar-refractivity contribution in [1.29, 1.82) is 0 Å². The SMILES string of the molecule is CC.CC.CC.CC.CC.CC.Cc1cc(F)c2ccsc2c1.Cc1cc(F)c2sccc2c1F.Cc1cc2ccsc2c(F)c1F.Cc1ccc(F)c2ccsc12.Cc1ccc2ccsc2c1F.Cc1ccc2sccc2c1F. The molecule has 6 aromatic carbocycles. The lowest BCUT2D eigenvalue weighted by Crippen LogP contribution is -1.87. The van der Waals surface area contributed by atoms with Crippen molar-refractivity contribution < 1.29 is 35.1 Å². The first kappa shape index (κ1) is 72.5. The lowest BCUT2D eigenvalue weighted by molar-refractivity contribution is 0.512. The van der Waals surface area contributed by atoms with Crippen molar-refractivity contribution in [1.82, 2.24) is 0 Å². The van der Waals surface area contributed by atoms with E-state index >= 15 is 0 Å². The molecule has 0 saturated heterocycles. The average Bonchev–Trinajstić information content (AvgIpc) is 4.36. The summed E-state index contributed by atoms with van der Waals surface area (Å²) in [6, 6.07) is 28.1. The highest BCUT2D eigenvalue weighted by atomic mass is 32.1. The summed E-state index contributed by atoms with van der Waals surface area (Å²) in [7, 11) is 0. The van der Waals surface area contributed by atoms with Crippen LogP contribution in [0.4, 0.5) is 35.1 Å². The zero-order valence-corrected chi connectivity index (χ0v) is 54.1. The third kappa shape index (κ3) is 19.6. The van der Waals surface area contributed by atoms with E-state index in [0.717, 1.165) is 68.0 Å². The maximum Gasteiger partial charge on any atom is 0.176 e. The second kappa shape index (κ2) is 38.3. The van der Waals surface area contributed by atoms with Gasteiger partial charge in [0.25, 0.3) is 0 Å². The van der Waals surface area contributed by atoms with E-state index in [-0.39, 0.29) is 34.9 Å². The van der Waals surface area contributed by atoms with Crippen molar-refractivity contribution in [2.45, 2.75) is 125 Å². The molecule has 0 N–H and O–H groups in total. The van der Waals surface area contributed by atoms with Gasteiger partial charge in [-0.25, -0.2) is 35.1 Å². The second-order valence-electron chi connectivity index (χ2n) is 15.5. The fourth-order valence-corrected chi connectivity index (χ4v) is 12.0. The first-order valence-corrected chi connectivity index (χ1v) is 32.0. The molecule has 432 valence electrons. The lowest BCUT2D eigenvalue weighted by atomic mass is 10.1. The number of hydrogen-bond acceptors (Lipinski definition) is 6. The van der Waals surface area contributed by atoms with Gasteiger partial charge in [-0.3, -0.25) is 0 Å². The largest absolute Gasteiger partial charge is 0.206 e. The number of benzene rings is 6. The molecule has 0 aliphatic carbocycles. The van der Waals surface area contributed by atoms with Crippen LogP contribution in [0.1, 0.15) is 116 Å². The van der Waals surface area contributed by atoms with Crippen molar-refractivity contribution in [3.8, 4) is 0 Å². The van der Waals surface area contributed by atoms with E-state index < -0.39 is 11.6 Å². The molecule has 0 spiro atoms. The highest BCUT2D eigenvalue weighted by Gasteiger charge is 2.12.